The van der Waals surface area contributed by atoms with Crippen LogP contribution in [0.4, 0.5) is 11.4 Å². The molecule has 7 heteroatoms. The number of nitrogen functional groups attached to an aromatic ring is 1. The van der Waals surface area contributed by atoms with Crippen molar-refractivity contribution in [2.75, 3.05) is 25.5 Å². The third-order valence-corrected chi connectivity index (χ3v) is 6.51. The molecule has 0 aliphatic carbocycles. The van der Waals surface area contributed by atoms with Gasteiger partial charge in [-0.1, -0.05) is 17.7 Å². The molecule has 1 saturated heterocycles. The molecule has 5 rings (SSSR count). The van der Waals surface area contributed by atoms with Crippen molar-refractivity contribution in [2.24, 2.45) is 4.99 Å². The number of hydrogen-bond acceptors (Lipinski definition) is 6. The molecular formula is C29H31N3O4. The van der Waals surface area contributed by atoms with Crippen molar-refractivity contribution < 1.29 is 19.0 Å². The van der Waals surface area contributed by atoms with E-state index in [9.17, 15) is 4.79 Å². The van der Waals surface area contributed by atoms with Gasteiger partial charge in [-0.3, -0.25) is 9.79 Å². The number of nitrogens with zero attached hydrogens (tertiary/aromatic N) is 2. The normalized spacial score (nSPS) is 16.3. The number of benzene rings is 3. The summed E-state index contributed by atoms with van der Waals surface area (Å²) in [6, 6.07) is 17.1. The Balaban J connectivity index is 1.13. The highest BCUT2D eigenvalue weighted by atomic mass is 16.5. The highest BCUT2D eigenvalue weighted by Crippen LogP contribution is 2.34. The van der Waals surface area contributed by atoms with E-state index in [-0.39, 0.29) is 11.9 Å². The van der Waals surface area contributed by atoms with Crippen molar-refractivity contribution in [3.63, 3.8) is 0 Å². The molecule has 2 aliphatic rings. The summed E-state index contributed by atoms with van der Waals surface area (Å²) in [4.78, 5) is 19.5. The van der Waals surface area contributed by atoms with Gasteiger partial charge in [-0.15, -0.1) is 0 Å². The summed E-state index contributed by atoms with van der Waals surface area (Å²) in [7, 11) is 0. The molecule has 1 amide bonds. The zero-order chi connectivity index (χ0) is 25.1. The molecule has 1 fully saturated rings. The maximum absolute atomic E-state index is 12.9. The van der Waals surface area contributed by atoms with E-state index in [0.29, 0.717) is 48.1 Å². The minimum Gasteiger partial charge on any atom is -0.493 e. The number of nitrogens with two attached hydrogens (primary N) is 1. The number of anilines is 1. The van der Waals surface area contributed by atoms with Gasteiger partial charge in [0.1, 0.15) is 17.2 Å². The van der Waals surface area contributed by atoms with Crippen LogP contribution in [-0.4, -0.2) is 42.8 Å². The number of carbonyl (C=O) groups is 1. The van der Waals surface area contributed by atoms with Crippen LogP contribution < -0.4 is 19.9 Å². The summed E-state index contributed by atoms with van der Waals surface area (Å²) in [6.45, 7) is 5.74. The van der Waals surface area contributed by atoms with Crippen LogP contribution in [0.1, 0.15) is 40.7 Å². The van der Waals surface area contributed by atoms with Gasteiger partial charge in [-0.05, 0) is 62.6 Å². The molecule has 2 N–H and O–H groups in total. The van der Waals surface area contributed by atoms with Gasteiger partial charge in [0.25, 0.3) is 5.91 Å². The maximum Gasteiger partial charge on any atom is 0.256 e. The summed E-state index contributed by atoms with van der Waals surface area (Å²) in [5.74, 6) is 2.81. The first kappa shape index (κ1) is 23.7. The second-order valence-electron chi connectivity index (χ2n) is 9.29. The maximum atomic E-state index is 12.9. The second-order valence-corrected chi connectivity index (χ2v) is 9.29. The Morgan fingerprint density at radius 1 is 0.972 bits per heavy atom. The van der Waals surface area contributed by atoms with Gasteiger partial charge in [-0.2, -0.15) is 0 Å². The first-order valence-electron chi connectivity index (χ1n) is 12.4. The quantitative estimate of drug-likeness (QED) is 0.320. The topological polar surface area (TPSA) is 86.4 Å². The first-order chi connectivity index (χ1) is 17.5. The van der Waals surface area contributed by atoms with E-state index in [1.165, 1.54) is 5.56 Å². The molecule has 2 heterocycles. The molecule has 0 saturated carbocycles. The molecule has 186 valence electrons. The highest BCUT2D eigenvalue weighted by Gasteiger charge is 2.32. The molecule has 0 spiro atoms. The van der Waals surface area contributed by atoms with Crippen molar-refractivity contribution >= 4 is 23.5 Å². The number of amides is 1. The Labute approximate surface area is 211 Å². The van der Waals surface area contributed by atoms with Crippen LogP contribution in [0.2, 0.25) is 0 Å². The van der Waals surface area contributed by atoms with Crippen LogP contribution in [0.15, 0.2) is 59.6 Å². The van der Waals surface area contributed by atoms with Crippen molar-refractivity contribution in [3.8, 4) is 23.0 Å². The number of aryl methyl sites for hydroxylation is 2. The van der Waals surface area contributed by atoms with Crippen LogP contribution in [0.5, 0.6) is 23.0 Å². The molecule has 3 aromatic carbocycles. The van der Waals surface area contributed by atoms with E-state index in [2.05, 4.69) is 4.99 Å². The monoisotopic (exact) mass is 485 g/mol. The summed E-state index contributed by atoms with van der Waals surface area (Å²) >= 11 is 0. The Hall–Kier alpha value is -4.00. The molecule has 0 radical (unpaired) electrons. The van der Waals surface area contributed by atoms with Crippen LogP contribution >= 0.6 is 0 Å². The Morgan fingerprint density at radius 3 is 2.56 bits per heavy atom. The zero-order valence-corrected chi connectivity index (χ0v) is 20.7. The molecule has 0 aromatic heterocycles. The molecule has 3 aromatic rings. The fraction of sp³-hybridized carbons (Fsp3) is 0.310. The number of fused-ring (bicyclic) bond motifs is 2. The van der Waals surface area contributed by atoms with E-state index >= 15 is 0 Å². The van der Waals surface area contributed by atoms with Crippen molar-refractivity contribution in [2.45, 2.75) is 39.2 Å². The van der Waals surface area contributed by atoms with Crippen LogP contribution in [0.3, 0.4) is 0 Å². The van der Waals surface area contributed by atoms with E-state index in [1.54, 1.807) is 6.07 Å². The predicted molar refractivity (Wildman–Crippen MR) is 141 cm³/mol. The van der Waals surface area contributed by atoms with Gasteiger partial charge in [0, 0.05) is 31.3 Å². The van der Waals surface area contributed by atoms with Crippen LogP contribution in [0.25, 0.3) is 0 Å². The van der Waals surface area contributed by atoms with Crippen molar-refractivity contribution in [1.29, 1.82) is 0 Å². The number of carbonyl (C=O) groups excluding carboxylic acids is 1. The van der Waals surface area contributed by atoms with E-state index in [0.717, 1.165) is 36.4 Å². The fourth-order valence-corrected chi connectivity index (χ4v) is 4.51. The molecular weight excluding hydrogens is 454 g/mol. The minimum absolute atomic E-state index is 0.0580. The van der Waals surface area contributed by atoms with Gasteiger partial charge >= 0.3 is 0 Å². The zero-order valence-electron chi connectivity index (χ0n) is 20.7. The lowest BCUT2D eigenvalue weighted by Gasteiger charge is -2.20. The first-order valence-corrected chi connectivity index (χ1v) is 12.4. The molecule has 36 heavy (non-hydrogen) atoms. The standard InChI is InChI=1S/C29H31N3O4/c1-19-6-8-22(9-7-19)36-27-11-10-23(16-25(27)30)34-13-4-14-35-28-17-26-24(15-20(28)2)29(33)32-12-3-5-21(32)18-31-26/h6-11,15-18,21H,3-5,12-14,30H2,1-2H3/t21-/m0/s1. The van der Waals surface area contributed by atoms with E-state index < -0.39 is 0 Å². The summed E-state index contributed by atoms with van der Waals surface area (Å²) in [6.07, 6.45) is 4.58. The second kappa shape index (κ2) is 10.3. The van der Waals surface area contributed by atoms with Gasteiger partial charge < -0.3 is 24.8 Å². The van der Waals surface area contributed by atoms with Crippen molar-refractivity contribution in [1.82, 2.24) is 4.90 Å². The predicted octanol–water partition coefficient (Wildman–Crippen LogP) is 5.85. The number of hydrogen-bond donors (Lipinski definition) is 1. The Bertz CT molecular complexity index is 1290. The van der Waals surface area contributed by atoms with E-state index in [4.69, 9.17) is 19.9 Å². The average Bonchev–Trinajstić information content (AvgIpc) is 3.30. The summed E-state index contributed by atoms with van der Waals surface area (Å²) < 4.78 is 17.7. The van der Waals surface area contributed by atoms with Crippen LogP contribution in [-0.2, 0) is 0 Å². The van der Waals surface area contributed by atoms with Gasteiger partial charge in [0.15, 0.2) is 5.75 Å². The largest absolute Gasteiger partial charge is 0.493 e. The van der Waals surface area contributed by atoms with Crippen molar-refractivity contribution in [3.05, 3.63) is 71.3 Å². The SMILES string of the molecule is Cc1ccc(Oc2ccc(OCCCOc3cc4c(cc3C)C(=O)N3CCC[C@H]3C=N4)cc2N)cc1. The number of rotatable bonds is 8. The Morgan fingerprint density at radius 2 is 1.75 bits per heavy atom. The minimum atomic E-state index is 0.0580. The van der Waals surface area contributed by atoms with Gasteiger partial charge in [0.2, 0.25) is 0 Å². The van der Waals surface area contributed by atoms with E-state index in [1.807, 2.05) is 73.5 Å². The smallest absolute Gasteiger partial charge is 0.256 e. The van der Waals surface area contributed by atoms with Gasteiger partial charge in [0.05, 0.1) is 36.2 Å². The molecule has 2 aliphatic heterocycles. The molecule has 0 unspecified atom stereocenters. The fourth-order valence-electron chi connectivity index (χ4n) is 4.51. The van der Waals surface area contributed by atoms with Gasteiger partial charge in [-0.25, -0.2) is 0 Å². The average molecular weight is 486 g/mol. The summed E-state index contributed by atoms with van der Waals surface area (Å²) in [5.41, 5.74) is 10.1. The third kappa shape index (κ3) is 5.15. The summed E-state index contributed by atoms with van der Waals surface area (Å²) in [5, 5.41) is 0. The molecule has 7 nitrogen and oxygen atoms in total. The molecule has 1 atom stereocenters. The number of ether oxygens (including phenoxy) is 3. The Kier molecular flexibility index (Phi) is 6.80. The lowest BCUT2D eigenvalue weighted by atomic mass is 10.1. The lowest BCUT2D eigenvalue weighted by Crippen LogP contribution is -2.35. The highest BCUT2D eigenvalue weighted by molar-refractivity contribution is 6.03. The number of aliphatic imine (C=N–C) groups is 1. The molecule has 0 bridgehead atoms. The van der Waals surface area contributed by atoms with Crippen LogP contribution in [0, 0.1) is 13.8 Å². The third-order valence-electron chi connectivity index (χ3n) is 6.51. The lowest BCUT2D eigenvalue weighted by molar-refractivity contribution is 0.0774.